The molecule has 2 aromatic carbocycles. The Bertz CT molecular complexity index is 649. The Labute approximate surface area is 134 Å². The summed E-state index contributed by atoms with van der Waals surface area (Å²) in [5, 5.41) is 0.758. The Kier molecular flexibility index (Phi) is 4.91. The quantitative estimate of drug-likeness (QED) is 0.694. The Hall–Kier alpha value is -0.810. The van der Waals surface area contributed by atoms with Crippen LogP contribution in [0.4, 0.5) is 4.39 Å². The third-order valence-corrected chi connectivity index (χ3v) is 4.17. The van der Waals surface area contributed by atoms with Crippen molar-refractivity contribution in [3.8, 4) is 11.5 Å². The zero-order chi connectivity index (χ0) is 14.9. The maximum atomic E-state index is 13.9. The summed E-state index contributed by atoms with van der Waals surface area (Å²) in [5.74, 6) is -0.156. The van der Waals surface area contributed by atoms with E-state index in [1.165, 1.54) is 18.2 Å². The Morgan fingerprint density at radius 2 is 1.85 bits per heavy atom. The van der Waals surface area contributed by atoms with Crippen molar-refractivity contribution in [2.45, 2.75) is 13.0 Å². The number of benzene rings is 2. The molecule has 0 amide bonds. The van der Waals surface area contributed by atoms with Gasteiger partial charge < -0.3 is 10.5 Å². The molecule has 6 heteroatoms. The van der Waals surface area contributed by atoms with Gasteiger partial charge in [0.15, 0.2) is 11.6 Å². The smallest absolute Gasteiger partial charge is 0.166 e. The van der Waals surface area contributed by atoms with Crippen molar-refractivity contribution in [2.75, 3.05) is 0 Å². The van der Waals surface area contributed by atoms with Gasteiger partial charge in [0.2, 0.25) is 0 Å². The van der Waals surface area contributed by atoms with Crippen LogP contribution in [0.2, 0.25) is 10.0 Å². The van der Waals surface area contributed by atoms with Crippen LogP contribution in [0.1, 0.15) is 18.5 Å². The Morgan fingerprint density at radius 3 is 2.45 bits per heavy atom. The largest absolute Gasteiger partial charge is 0.453 e. The minimum atomic E-state index is -0.505. The average Bonchev–Trinajstić information content (AvgIpc) is 2.37. The van der Waals surface area contributed by atoms with E-state index in [1.54, 1.807) is 19.1 Å². The van der Waals surface area contributed by atoms with Crippen LogP contribution in [-0.2, 0) is 0 Å². The predicted molar refractivity (Wildman–Crippen MR) is 83.2 cm³/mol. The first kappa shape index (κ1) is 15.6. The van der Waals surface area contributed by atoms with Crippen molar-refractivity contribution in [1.29, 1.82) is 0 Å². The lowest BCUT2D eigenvalue weighted by atomic mass is 10.1. The predicted octanol–water partition coefficient (Wildman–Crippen LogP) is 5.71. The summed E-state index contributed by atoms with van der Waals surface area (Å²) in [5.41, 5.74) is 6.38. The molecule has 106 valence electrons. The van der Waals surface area contributed by atoms with Gasteiger partial charge in [-0.25, -0.2) is 4.39 Å². The fourth-order valence-corrected chi connectivity index (χ4v) is 2.42. The molecule has 0 aliphatic rings. The second-order valence-electron chi connectivity index (χ2n) is 4.28. The van der Waals surface area contributed by atoms with Crippen LogP contribution < -0.4 is 10.5 Å². The van der Waals surface area contributed by atoms with E-state index in [4.69, 9.17) is 33.7 Å². The first-order chi connectivity index (χ1) is 9.38. The number of hydrogen-bond donors (Lipinski definition) is 1. The highest BCUT2D eigenvalue weighted by Gasteiger charge is 2.12. The molecule has 0 radical (unpaired) electrons. The van der Waals surface area contributed by atoms with E-state index in [0.717, 1.165) is 0 Å². The molecule has 0 saturated heterocycles. The molecule has 0 aliphatic heterocycles. The molecule has 2 N–H and O–H groups in total. The number of rotatable bonds is 3. The minimum absolute atomic E-state index is 0.0645. The van der Waals surface area contributed by atoms with Crippen molar-refractivity contribution >= 4 is 39.1 Å². The van der Waals surface area contributed by atoms with Crippen molar-refractivity contribution < 1.29 is 9.13 Å². The topological polar surface area (TPSA) is 35.2 Å². The van der Waals surface area contributed by atoms with Gasteiger partial charge in [0.05, 0.1) is 10.0 Å². The van der Waals surface area contributed by atoms with Crippen molar-refractivity contribution in [3.63, 3.8) is 0 Å². The van der Waals surface area contributed by atoms with Gasteiger partial charge in [-0.15, -0.1) is 0 Å². The van der Waals surface area contributed by atoms with Crippen LogP contribution in [0.5, 0.6) is 11.5 Å². The average molecular weight is 379 g/mol. The second-order valence-corrected chi connectivity index (χ2v) is 5.95. The highest BCUT2D eigenvalue weighted by atomic mass is 79.9. The third kappa shape index (κ3) is 3.44. The van der Waals surface area contributed by atoms with Gasteiger partial charge in [-0.05, 0) is 46.6 Å². The molecule has 0 fully saturated rings. The maximum Gasteiger partial charge on any atom is 0.166 e. The summed E-state index contributed by atoms with van der Waals surface area (Å²) in [7, 11) is 0. The normalized spacial score (nSPS) is 12.3. The summed E-state index contributed by atoms with van der Waals surface area (Å²) in [6.45, 7) is 1.78. The van der Waals surface area contributed by atoms with E-state index in [1.807, 2.05) is 0 Å². The highest BCUT2D eigenvalue weighted by Crippen LogP contribution is 2.37. The molecule has 1 unspecified atom stereocenters. The number of halogens is 4. The van der Waals surface area contributed by atoms with Gasteiger partial charge in [-0.2, -0.15) is 0 Å². The number of hydrogen-bond acceptors (Lipinski definition) is 2. The lowest BCUT2D eigenvalue weighted by Crippen LogP contribution is -2.05. The standard InChI is InChI=1S/C14H11BrCl2FNO/c1-7(19)8-2-3-13(12(18)4-8)20-14-6-10(16)9(15)5-11(14)17/h2-7H,19H2,1H3. The maximum absolute atomic E-state index is 13.9. The van der Waals surface area contributed by atoms with Crippen LogP contribution in [0.3, 0.4) is 0 Å². The van der Waals surface area contributed by atoms with E-state index >= 15 is 0 Å². The summed E-state index contributed by atoms with van der Waals surface area (Å²) in [4.78, 5) is 0. The summed E-state index contributed by atoms with van der Waals surface area (Å²) < 4.78 is 20.0. The molecule has 0 aliphatic carbocycles. The van der Waals surface area contributed by atoms with Crippen LogP contribution in [-0.4, -0.2) is 0 Å². The van der Waals surface area contributed by atoms with E-state index in [-0.39, 0.29) is 17.5 Å². The molecule has 1 atom stereocenters. The van der Waals surface area contributed by atoms with Crippen molar-refractivity contribution in [2.24, 2.45) is 5.73 Å². The van der Waals surface area contributed by atoms with E-state index in [2.05, 4.69) is 15.9 Å². The molecule has 20 heavy (non-hydrogen) atoms. The molecular formula is C14H11BrCl2FNO. The molecule has 0 spiro atoms. The number of ether oxygens (including phenoxy) is 1. The van der Waals surface area contributed by atoms with Crippen LogP contribution in [0.25, 0.3) is 0 Å². The molecule has 0 bridgehead atoms. The molecule has 2 rings (SSSR count). The second kappa shape index (κ2) is 6.31. The summed E-state index contributed by atoms with van der Waals surface area (Å²) in [6.07, 6.45) is 0. The van der Waals surface area contributed by atoms with E-state index in [0.29, 0.717) is 20.1 Å². The molecule has 0 saturated carbocycles. The first-order valence-electron chi connectivity index (χ1n) is 5.76. The monoisotopic (exact) mass is 377 g/mol. The first-order valence-corrected chi connectivity index (χ1v) is 7.31. The van der Waals surface area contributed by atoms with Gasteiger partial charge in [0.25, 0.3) is 0 Å². The molecule has 0 aromatic heterocycles. The third-order valence-electron chi connectivity index (χ3n) is 2.68. The van der Waals surface area contributed by atoms with Gasteiger partial charge in [0.1, 0.15) is 5.75 Å². The Balaban J connectivity index is 2.33. The van der Waals surface area contributed by atoms with Crippen LogP contribution >= 0.6 is 39.1 Å². The zero-order valence-corrected chi connectivity index (χ0v) is 13.6. The SMILES string of the molecule is CC(N)c1ccc(Oc2cc(Cl)c(Br)cc2Cl)c(F)c1. The van der Waals surface area contributed by atoms with Crippen LogP contribution in [0.15, 0.2) is 34.8 Å². The molecule has 2 nitrogen and oxygen atoms in total. The summed E-state index contributed by atoms with van der Waals surface area (Å²) in [6, 6.07) is 7.43. The van der Waals surface area contributed by atoms with Crippen molar-refractivity contribution in [1.82, 2.24) is 0 Å². The van der Waals surface area contributed by atoms with Crippen molar-refractivity contribution in [3.05, 3.63) is 56.2 Å². The van der Waals surface area contributed by atoms with Gasteiger partial charge in [-0.3, -0.25) is 0 Å². The Morgan fingerprint density at radius 1 is 1.15 bits per heavy atom. The lowest BCUT2D eigenvalue weighted by molar-refractivity contribution is 0.441. The zero-order valence-electron chi connectivity index (χ0n) is 10.5. The fourth-order valence-electron chi connectivity index (χ4n) is 1.58. The number of nitrogens with two attached hydrogens (primary N) is 1. The van der Waals surface area contributed by atoms with E-state index in [9.17, 15) is 4.39 Å². The molecule has 2 aromatic rings. The highest BCUT2D eigenvalue weighted by molar-refractivity contribution is 9.10. The van der Waals surface area contributed by atoms with Gasteiger partial charge in [0, 0.05) is 16.6 Å². The van der Waals surface area contributed by atoms with Gasteiger partial charge >= 0.3 is 0 Å². The van der Waals surface area contributed by atoms with Gasteiger partial charge in [-0.1, -0.05) is 29.3 Å². The summed E-state index contributed by atoms with van der Waals surface area (Å²) >= 11 is 15.2. The molecular weight excluding hydrogens is 368 g/mol. The van der Waals surface area contributed by atoms with E-state index < -0.39 is 5.82 Å². The molecule has 0 heterocycles. The van der Waals surface area contributed by atoms with Crippen LogP contribution in [0, 0.1) is 5.82 Å². The lowest BCUT2D eigenvalue weighted by Gasteiger charge is -2.12. The minimum Gasteiger partial charge on any atom is -0.453 e. The fraction of sp³-hybridized carbons (Fsp3) is 0.143.